The molecule has 21 heavy (non-hydrogen) atoms. The largest absolute Gasteiger partial charge is 0.454 e. The number of carbonyl (C=O) groups excluding carboxylic acids is 1. The number of hydrogen-bond donors (Lipinski definition) is 1. The minimum absolute atomic E-state index is 0.0253. The molecule has 1 aliphatic rings. The number of benzene rings is 1. The van der Waals surface area contributed by atoms with Crippen LogP contribution in [0.4, 0.5) is 0 Å². The highest BCUT2D eigenvalue weighted by molar-refractivity contribution is 5.82. The molecule has 1 atom stereocenters. The number of nitrogens with two attached hydrogens (primary N) is 1. The van der Waals surface area contributed by atoms with E-state index in [4.69, 9.17) is 15.2 Å². The molecular weight excluding hydrogens is 268 g/mol. The van der Waals surface area contributed by atoms with Crippen molar-refractivity contribution in [3.63, 3.8) is 0 Å². The first-order valence-electron chi connectivity index (χ1n) is 7.26. The van der Waals surface area contributed by atoms with Gasteiger partial charge in [0, 0.05) is 13.1 Å². The highest BCUT2D eigenvalue weighted by Gasteiger charge is 2.30. The van der Waals surface area contributed by atoms with Gasteiger partial charge < -0.3 is 20.1 Å². The summed E-state index contributed by atoms with van der Waals surface area (Å²) in [6.07, 6.45) is 0. The SMILES string of the molecule is CCN(Cc1ccc2c(c1)OCO2)C(=O)C(N)C(C)(C)C. The Labute approximate surface area is 126 Å². The molecular formula is C16H24N2O3. The Morgan fingerprint density at radius 1 is 1.33 bits per heavy atom. The Balaban J connectivity index is 2.10. The second-order valence-electron chi connectivity index (χ2n) is 6.38. The highest BCUT2D eigenvalue weighted by atomic mass is 16.7. The second-order valence-corrected chi connectivity index (χ2v) is 6.38. The maximum Gasteiger partial charge on any atom is 0.240 e. The molecule has 0 fully saturated rings. The summed E-state index contributed by atoms with van der Waals surface area (Å²) in [6, 6.07) is 5.23. The summed E-state index contributed by atoms with van der Waals surface area (Å²) in [5.41, 5.74) is 6.84. The fourth-order valence-electron chi connectivity index (χ4n) is 2.17. The van der Waals surface area contributed by atoms with E-state index in [0.717, 1.165) is 17.1 Å². The predicted octanol–water partition coefficient (Wildman–Crippen LogP) is 2.14. The summed E-state index contributed by atoms with van der Waals surface area (Å²) in [5.74, 6) is 1.46. The Kier molecular flexibility index (Phi) is 4.42. The number of rotatable bonds is 4. The van der Waals surface area contributed by atoms with Crippen molar-refractivity contribution >= 4 is 5.91 Å². The van der Waals surface area contributed by atoms with Crippen molar-refractivity contribution in [3.05, 3.63) is 23.8 Å². The molecule has 1 aromatic carbocycles. The quantitative estimate of drug-likeness (QED) is 0.923. The zero-order valence-corrected chi connectivity index (χ0v) is 13.2. The zero-order valence-electron chi connectivity index (χ0n) is 13.2. The lowest BCUT2D eigenvalue weighted by Gasteiger charge is -2.31. The van der Waals surface area contributed by atoms with E-state index < -0.39 is 6.04 Å². The lowest BCUT2D eigenvalue weighted by atomic mass is 9.86. The van der Waals surface area contributed by atoms with Gasteiger partial charge in [0.2, 0.25) is 12.7 Å². The standard InChI is InChI=1S/C16H24N2O3/c1-5-18(15(19)14(17)16(2,3)4)9-11-6-7-12-13(8-11)21-10-20-12/h6-8,14H,5,9-10,17H2,1-4H3. The van der Waals surface area contributed by atoms with Gasteiger partial charge in [-0.05, 0) is 30.0 Å². The Bertz CT molecular complexity index is 523. The highest BCUT2D eigenvalue weighted by Crippen LogP contribution is 2.33. The molecule has 0 aromatic heterocycles. The van der Waals surface area contributed by atoms with Crippen LogP contribution in [-0.4, -0.2) is 30.2 Å². The number of carbonyl (C=O) groups is 1. The zero-order chi connectivity index (χ0) is 15.6. The third-order valence-electron chi connectivity index (χ3n) is 3.70. The van der Waals surface area contributed by atoms with Gasteiger partial charge in [-0.1, -0.05) is 26.8 Å². The second kappa shape index (κ2) is 5.93. The van der Waals surface area contributed by atoms with Gasteiger partial charge in [-0.15, -0.1) is 0 Å². The number of ether oxygens (including phenoxy) is 2. The number of amides is 1. The number of fused-ring (bicyclic) bond motifs is 1. The summed E-state index contributed by atoms with van der Waals surface area (Å²) in [7, 11) is 0. The first-order valence-corrected chi connectivity index (χ1v) is 7.26. The van der Waals surface area contributed by atoms with Crippen LogP contribution in [0.15, 0.2) is 18.2 Å². The van der Waals surface area contributed by atoms with Crippen LogP contribution < -0.4 is 15.2 Å². The van der Waals surface area contributed by atoms with Gasteiger partial charge in [0.25, 0.3) is 0 Å². The number of hydrogen-bond acceptors (Lipinski definition) is 4. The molecule has 0 bridgehead atoms. The maximum atomic E-state index is 12.5. The van der Waals surface area contributed by atoms with Crippen molar-refractivity contribution < 1.29 is 14.3 Å². The van der Waals surface area contributed by atoms with Gasteiger partial charge in [0.15, 0.2) is 11.5 Å². The molecule has 1 heterocycles. The molecule has 5 nitrogen and oxygen atoms in total. The topological polar surface area (TPSA) is 64.8 Å². The van der Waals surface area contributed by atoms with E-state index in [9.17, 15) is 4.79 Å². The minimum Gasteiger partial charge on any atom is -0.454 e. The van der Waals surface area contributed by atoms with Crippen LogP contribution in [0.25, 0.3) is 0 Å². The predicted molar refractivity (Wildman–Crippen MR) is 81.1 cm³/mol. The molecule has 116 valence electrons. The molecule has 1 unspecified atom stereocenters. The van der Waals surface area contributed by atoms with Gasteiger partial charge in [0.1, 0.15) is 0 Å². The van der Waals surface area contributed by atoms with E-state index in [1.54, 1.807) is 4.90 Å². The van der Waals surface area contributed by atoms with Crippen molar-refractivity contribution in [2.75, 3.05) is 13.3 Å². The van der Waals surface area contributed by atoms with Crippen molar-refractivity contribution in [2.24, 2.45) is 11.1 Å². The van der Waals surface area contributed by atoms with Crippen LogP contribution in [0.2, 0.25) is 0 Å². The maximum absolute atomic E-state index is 12.5. The van der Waals surface area contributed by atoms with E-state index in [1.165, 1.54) is 0 Å². The van der Waals surface area contributed by atoms with E-state index >= 15 is 0 Å². The number of nitrogens with zero attached hydrogens (tertiary/aromatic N) is 1. The van der Waals surface area contributed by atoms with Gasteiger partial charge >= 0.3 is 0 Å². The monoisotopic (exact) mass is 292 g/mol. The fourth-order valence-corrected chi connectivity index (χ4v) is 2.17. The Morgan fingerprint density at radius 2 is 2.00 bits per heavy atom. The normalized spacial score (nSPS) is 14.9. The van der Waals surface area contributed by atoms with Crippen LogP contribution in [0.3, 0.4) is 0 Å². The molecule has 1 aliphatic heterocycles. The lowest BCUT2D eigenvalue weighted by molar-refractivity contribution is -0.135. The van der Waals surface area contributed by atoms with Crippen LogP contribution in [0.1, 0.15) is 33.3 Å². The molecule has 2 rings (SSSR count). The van der Waals surface area contributed by atoms with Crippen LogP contribution >= 0.6 is 0 Å². The van der Waals surface area contributed by atoms with Crippen LogP contribution in [0.5, 0.6) is 11.5 Å². The Hall–Kier alpha value is -1.75. The molecule has 1 amide bonds. The third-order valence-corrected chi connectivity index (χ3v) is 3.70. The van der Waals surface area contributed by atoms with Gasteiger partial charge in [-0.2, -0.15) is 0 Å². The summed E-state index contributed by atoms with van der Waals surface area (Å²) < 4.78 is 10.7. The third kappa shape index (κ3) is 3.47. The van der Waals surface area contributed by atoms with E-state index in [2.05, 4.69) is 0 Å². The van der Waals surface area contributed by atoms with Crippen LogP contribution in [0, 0.1) is 5.41 Å². The smallest absolute Gasteiger partial charge is 0.240 e. The average molecular weight is 292 g/mol. The molecule has 1 aromatic rings. The summed E-state index contributed by atoms with van der Waals surface area (Å²) in [6.45, 7) is 9.29. The van der Waals surface area contributed by atoms with Gasteiger partial charge in [0.05, 0.1) is 6.04 Å². The van der Waals surface area contributed by atoms with E-state index in [1.807, 2.05) is 45.9 Å². The molecule has 0 radical (unpaired) electrons. The summed E-state index contributed by atoms with van der Waals surface area (Å²) in [5, 5.41) is 0. The molecule has 5 heteroatoms. The fraction of sp³-hybridized carbons (Fsp3) is 0.562. The molecule has 0 saturated heterocycles. The van der Waals surface area contributed by atoms with Gasteiger partial charge in [-0.25, -0.2) is 0 Å². The van der Waals surface area contributed by atoms with Crippen molar-refractivity contribution in [3.8, 4) is 11.5 Å². The van der Waals surface area contributed by atoms with Crippen molar-refractivity contribution in [2.45, 2.75) is 40.3 Å². The first kappa shape index (κ1) is 15.6. The van der Waals surface area contributed by atoms with Crippen molar-refractivity contribution in [1.29, 1.82) is 0 Å². The molecule has 0 saturated carbocycles. The molecule has 0 aliphatic carbocycles. The van der Waals surface area contributed by atoms with Gasteiger partial charge in [-0.3, -0.25) is 4.79 Å². The number of likely N-dealkylation sites (N-methyl/N-ethyl adjacent to an activating group) is 1. The summed E-state index contributed by atoms with van der Waals surface area (Å²) in [4.78, 5) is 14.3. The molecule has 2 N–H and O–H groups in total. The lowest BCUT2D eigenvalue weighted by Crippen LogP contribution is -2.50. The summed E-state index contributed by atoms with van der Waals surface area (Å²) >= 11 is 0. The average Bonchev–Trinajstić information content (AvgIpc) is 2.89. The Morgan fingerprint density at radius 3 is 2.62 bits per heavy atom. The van der Waals surface area contributed by atoms with Crippen molar-refractivity contribution in [1.82, 2.24) is 4.90 Å². The molecule has 0 spiro atoms. The minimum atomic E-state index is -0.508. The van der Waals surface area contributed by atoms with E-state index in [0.29, 0.717) is 13.1 Å². The van der Waals surface area contributed by atoms with E-state index in [-0.39, 0.29) is 18.1 Å². The first-order chi connectivity index (χ1) is 9.82. The van der Waals surface area contributed by atoms with Crippen LogP contribution in [-0.2, 0) is 11.3 Å².